The predicted octanol–water partition coefficient (Wildman–Crippen LogP) is 6.53. The highest BCUT2D eigenvalue weighted by molar-refractivity contribution is 5.24. The Morgan fingerprint density at radius 1 is 1.14 bits per heavy atom. The summed E-state index contributed by atoms with van der Waals surface area (Å²) in [7, 11) is 0. The fourth-order valence-corrected chi connectivity index (χ4v) is 7.40. The Bertz CT molecular complexity index is 486. The van der Waals surface area contributed by atoms with Crippen LogP contribution >= 0.6 is 0 Å². The molecular weight excluding hydrogens is 264 g/mol. The van der Waals surface area contributed by atoms with Gasteiger partial charge in [0.15, 0.2) is 0 Å². The molecule has 4 rings (SSSR count). The van der Waals surface area contributed by atoms with Gasteiger partial charge in [-0.1, -0.05) is 38.0 Å². The summed E-state index contributed by atoms with van der Waals surface area (Å²) in [5.74, 6) is 3.89. The van der Waals surface area contributed by atoms with Crippen molar-refractivity contribution in [1.29, 1.82) is 0 Å². The van der Waals surface area contributed by atoms with E-state index >= 15 is 0 Å². The van der Waals surface area contributed by atoms with Gasteiger partial charge in [-0.2, -0.15) is 0 Å². The molecule has 22 heavy (non-hydrogen) atoms. The molecule has 0 bridgehead atoms. The zero-order valence-electron chi connectivity index (χ0n) is 14.7. The quantitative estimate of drug-likeness (QED) is 0.508. The molecule has 0 amide bonds. The van der Waals surface area contributed by atoms with Crippen LogP contribution in [0.2, 0.25) is 0 Å². The smallest absolute Gasteiger partial charge is 0.00853 e. The zero-order valence-corrected chi connectivity index (χ0v) is 14.7. The van der Waals surface area contributed by atoms with E-state index in [1.54, 1.807) is 0 Å². The van der Waals surface area contributed by atoms with E-state index in [4.69, 9.17) is 0 Å². The SMILES string of the molecule is C=CC[C@H]1CCC2C3CC=C4CCCC[C@]4(C)C3CC[C@@]21C. The molecule has 0 N–H and O–H groups in total. The third-order valence-electron chi connectivity index (χ3n) is 8.67. The van der Waals surface area contributed by atoms with Crippen molar-refractivity contribution in [2.75, 3.05) is 0 Å². The van der Waals surface area contributed by atoms with Crippen LogP contribution in [0.15, 0.2) is 24.3 Å². The van der Waals surface area contributed by atoms with Crippen LogP contribution in [-0.4, -0.2) is 0 Å². The standard InChI is InChI=1S/C22H34/c1-4-7-16-10-12-19-18-11-9-17-8-5-6-14-21(17,2)20(18)13-15-22(16,19)3/h4,9,16,18-20H,1,5-8,10-15H2,2-3H3/t16-,18?,19?,20?,21-,22+/m0/s1. The molecular formula is C22H34. The summed E-state index contributed by atoms with van der Waals surface area (Å²) < 4.78 is 0. The van der Waals surface area contributed by atoms with E-state index in [1.807, 2.05) is 5.57 Å². The van der Waals surface area contributed by atoms with Crippen molar-refractivity contribution >= 4 is 0 Å². The predicted molar refractivity (Wildman–Crippen MR) is 94.6 cm³/mol. The third-order valence-corrected chi connectivity index (χ3v) is 8.67. The Balaban J connectivity index is 1.65. The molecule has 3 saturated carbocycles. The van der Waals surface area contributed by atoms with E-state index in [0.29, 0.717) is 10.8 Å². The van der Waals surface area contributed by atoms with Crippen molar-refractivity contribution in [1.82, 2.24) is 0 Å². The number of hydrogen-bond acceptors (Lipinski definition) is 0. The molecule has 0 aromatic heterocycles. The molecule has 122 valence electrons. The molecule has 6 atom stereocenters. The lowest BCUT2D eigenvalue weighted by atomic mass is 9.47. The van der Waals surface area contributed by atoms with Gasteiger partial charge in [-0.05, 0) is 92.3 Å². The average molecular weight is 299 g/mol. The minimum atomic E-state index is 0.568. The maximum Gasteiger partial charge on any atom is -0.00853 e. The topological polar surface area (TPSA) is 0 Å². The molecule has 3 fully saturated rings. The number of rotatable bonds is 2. The van der Waals surface area contributed by atoms with Crippen molar-refractivity contribution in [2.45, 2.75) is 78.1 Å². The van der Waals surface area contributed by atoms with Crippen molar-refractivity contribution in [2.24, 2.45) is 34.5 Å². The van der Waals surface area contributed by atoms with E-state index in [-0.39, 0.29) is 0 Å². The Morgan fingerprint density at radius 2 is 2.00 bits per heavy atom. The Morgan fingerprint density at radius 3 is 2.82 bits per heavy atom. The van der Waals surface area contributed by atoms with Gasteiger partial charge >= 0.3 is 0 Å². The van der Waals surface area contributed by atoms with Gasteiger partial charge in [0.25, 0.3) is 0 Å². The Kier molecular flexibility index (Phi) is 3.59. The van der Waals surface area contributed by atoms with Gasteiger partial charge in [-0.15, -0.1) is 6.58 Å². The highest BCUT2D eigenvalue weighted by Gasteiger charge is 2.57. The first kappa shape index (κ1) is 15.0. The summed E-state index contributed by atoms with van der Waals surface area (Å²) in [6, 6.07) is 0. The second-order valence-corrected chi connectivity index (χ2v) is 9.31. The summed E-state index contributed by atoms with van der Waals surface area (Å²) >= 11 is 0. The second-order valence-electron chi connectivity index (χ2n) is 9.31. The fourth-order valence-electron chi connectivity index (χ4n) is 7.40. The van der Waals surface area contributed by atoms with E-state index < -0.39 is 0 Å². The lowest BCUT2D eigenvalue weighted by Crippen LogP contribution is -2.49. The number of allylic oxidation sites excluding steroid dienone is 3. The summed E-state index contributed by atoms with van der Waals surface area (Å²) in [5, 5.41) is 0. The molecule has 0 aromatic rings. The lowest BCUT2D eigenvalue weighted by Gasteiger charge is -2.57. The third kappa shape index (κ3) is 1.95. The van der Waals surface area contributed by atoms with Crippen LogP contribution in [-0.2, 0) is 0 Å². The molecule has 4 aliphatic rings. The van der Waals surface area contributed by atoms with Crippen molar-refractivity contribution in [3.63, 3.8) is 0 Å². The maximum atomic E-state index is 4.03. The molecule has 0 radical (unpaired) electrons. The largest absolute Gasteiger partial charge is 0.103 e. The van der Waals surface area contributed by atoms with Crippen LogP contribution in [0.1, 0.15) is 78.1 Å². The van der Waals surface area contributed by atoms with E-state index in [0.717, 1.165) is 23.7 Å². The Hall–Kier alpha value is -0.520. The molecule has 4 aliphatic carbocycles. The van der Waals surface area contributed by atoms with E-state index in [2.05, 4.69) is 32.6 Å². The molecule has 0 aromatic carbocycles. The van der Waals surface area contributed by atoms with Crippen molar-refractivity contribution < 1.29 is 0 Å². The van der Waals surface area contributed by atoms with Crippen molar-refractivity contribution in [3.8, 4) is 0 Å². The first-order valence-electron chi connectivity index (χ1n) is 9.90. The second kappa shape index (κ2) is 5.25. The van der Waals surface area contributed by atoms with Crippen LogP contribution in [0.3, 0.4) is 0 Å². The van der Waals surface area contributed by atoms with Crippen LogP contribution in [0.4, 0.5) is 0 Å². The summed E-state index contributed by atoms with van der Waals surface area (Å²) in [6.07, 6.45) is 19.3. The van der Waals surface area contributed by atoms with Gasteiger partial charge in [0.2, 0.25) is 0 Å². The average Bonchev–Trinajstić information content (AvgIpc) is 2.84. The van der Waals surface area contributed by atoms with Crippen LogP contribution in [0.25, 0.3) is 0 Å². The van der Waals surface area contributed by atoms with Gasteiger partial charge in [-0.3, -0.25) is 0 Å². The van der Waals surface area contributed by atoms with Gasteiger partial charge in [0.1, 0.15) is 0 Å². The normalized spacial score (nSPS) is 50.5. The molecule has 0 spiro atoms. The monoisotopic (exact) mass is 298 g/mol. The molecule has 0 heteroatoms. The summed E-state index contributed by atoms with van der Waals surface area (Å²) in [5.41, 5.74) is 3.04. The highest BCUT2D eigenvalue weighted by Crippen LogP contribution is 2.66. The summed E-state index contributed by atoms with van der Waals surface area (Å²) in [4.78, 5) is 0. The maximum absolute atomic E-state index is 4.03. The molecule has 3 unspecified atom stereocenters. The molecule has 0 nitrogen and oxygen atoms in total. The van der Waals surface area contributed by atoms with Crippen LogP contribution in [0, 0.1) is 34.5 Å². The first-order valence-corrected chi connectivity index (χ1v) is 9.90. The minimum absolute atomic E-state index is 0.568. The highest BCUT2D eigenvalue weighted by atomic mass is 14.6. The van der Waals surface area contributed by atoms with Gasteiger partial charge in [-0.25, -0.2) is 0 Å². The van der Waals surface area contributed by atoms with Gasteiger partial charge in [0.05, 0.1) is 0 Å². The van der Waals surface area contributed by atoms with E-state index in [1.165, 1.54) is 64.2 Å². The first-order chi connectivity index (χ1) is 10.6. The fraction of sp³-hybridized carbons (Fsp3) is 0.818. The zero-order chi connectivity index (χ0) is 15.4. The molecule has 0 saturated heterocycles. The molecule has 0 aliphatic heterocycles. The van der Waals surface area contributed by atoms with Gasteiger partial charge < -0.3 is 0 Å². The molecule has 0 heterocycles. The van der Waals surface area contributed by atoms with Gasteiger partial charge in [0, 0.05) is 0 Å². The van der Waals surface area contributed by atoms with E-state index in [9.17, 15) is 0 Å². The number of fused-ring (bicyclic) bond motifs is 5. The lowest BCUT2D eigenvalue weighted by molar-refractivity contribution is -0.0406. The minimum Gasteiger partial charge on any atom is -0.103 e. The Labute approximate surface area is 137 Å². The van der Waals surface area contributed by atoms with Crippen LogP contribution < -0.4 is 0 Å². The van der Waals surface area contributed by atoms with Crippen LogP contribution in [0.5, 0.6) is 0 Å². The number of hydrogen-bond donors (Lipinski definition) is 0. The van der Waals surface area contributed by atoms with Crippen molar-refractivity contribution in [3.05, 3.63) is 24.3 Å². The summed E-state index contributed by atoms with van der Waals surface area (Å²) in [6.45, 7) is 9.30.